The van der Waals surface area contributed by atoms with E-state index in [9.17, 15) is 0 Å². The van der Waals surface area contributed by atoms with Gasteiger partial charge in [0.2, 0.25) is 0 Å². The molecule has 3 heteroatoms. The average molecular weight is 499 g/mol. The first-order valence-electron chi connectivity index (χ1n) is 2.02. The van der Waals surface area contributed by atoms with Crippen molar-refractivity contribution in [2.75, 3.05) is 0 Å². The number of unbranched alkanes of at least 4 members (excludes halogenated alkanes) is 1. The Morgan fingerprint density at radius 1 is 1.43 bits per heavy atom. The Bertz CT molecular complexity index is 19.2. The second-order valence-corrected chi connectivity index (χ2v) is 2.35. The van der Waals surface area contributed by atoms with Gasteiger partial charge in [-0.2, -0.15) is 0 Å². The van der Waals surface area contributed by atoms with Gasteiger partial charge in [-0.15, -0.1) is 0 Å². The Kier molecular flexibility index (Phi) is 37.0. The largest absolute Gasteiger partial charge is 0 e. The van der Waals surface area contributed by atoms with Crippen LogP contribution in [0.1, 0.15) is 19.8 Å². The first-order chi connectivity index (χ1) is 2.41. The zero-order valence-corrected chi connectivity index (χ0v) is 17.1. The monoisotopic (exact) mass is 504 g/mol. The molecule has 0 radical (unpaired) electrons. The van der Waals surface area contributed by atoms with E-state index in [0.717, 1.165) is 0 Å². The van der Waals surface area contributed by atoms with Crippen LogP contribution in [0.15, 0.2) is 0 Å². The van der Waals surface area contributed by atoms with Crippen molar-refractivity contribution < 1.29 is 55.0 Å². The molecule has 0 aromatic carbocycles. The van der Waals surface area contributed by atoms with Gasteiger partial charge in [-0.05, 0) is 0 Å². The molecule has 0 aromatic rings. The topological polar surface area (TPSA) is 0 Å². The second kappa shape index (κ2) is 15.9. The van der Waals surface area contributed by atoms with Crippen molar-refractivity contribution in [2.45, 2.75) is 24.2 Å². The van der Waals surface area contributed by atoms with Gasteiger partial charge < -0.3 is 0 Å². The minimum atomic E-state index is 0. The molecule has 0 atom stereocenters. The van der Waals surface area contributed by atoms with Crippen LogP contribution in [-0.2, 0) is 55.0 Å². The molecule has 0 spiro atoms. The van der Waals surface area contributed by atoms with E-state index in [1.165, 1.54) is 17.3 Å². The first-order valence-corrected chi connectivity index (χ1v) is 3.83. The van der Waals surface area contributed by atoms with E-state index in [0.29, 0.717) is 0 Å². The zero-order chi connectivity index (χ0) is 4.12. The Labute approximate surface area is 99.8 Å². The molecule has 0 amide bonds. The predicted octanol–water partition coefficient (Wildman–Crippen LogP) is 1.10. The fourth-order valence-corrected chi connectivity index (χ4v) is 1.06. The maximum Gasteiger partial charge on any atom is 0 e. The van der Waals surface area contributed by atoms with Crippen LogP contribution in [0.2, 0.25) is 4.47 Å². The maximum atomic E-state index is 2.22. The molecule has 36 valence electrons. The summed E-state index contributed by atoms with van der Waals surface area (Å²) in [6.07, 6.45) is 2.77. The van der Waals surface area contributed by atoms with Crippen LogP contribution in [0, 0.1) is 0 Å². The molecule has 0 aliphatic rings. The SMILES string of the molecule is CCCC[TeH].[Cd].[Hg]. The van der Waals surface area contributed by atoms with Gasteiger partial charge in [-0.3, -0.25) is 0 Å². The summed E-state index contributed by atoms with van der Waals surface area (Å²) in [5.74, 6) is 0. The van der Waals surface area contributed by atoms with Gasteiger partial charge >= 0.3 is 46.5 Å². The molecule has 0 rings (SSSR count). The van der Waals surface area contributed by atoms with Crippen LogP contribution in [0.5, 0.6) is 0 Å². The zero-order valence-electron chi connectivity index (χ0n) is 4.98. The molecule has 0 heterocycles. The summed E-state index contributed by atoms with van der Waals surface area (Å²) in [5, 5.41) is 0. The molecule has 0 nitrogen and oxygen atoms in total. The third kappa shape index (κ3) is 17.7. The molecule has 0 N–H and O–H groups in total. The van der Waals surface area contributed by atoms with Crippen molar-refractivity contribution in [3.8, 4) is 0 Å². The van der Waals surface area contributed by atoms with Gasteiger partial charge in [-0.25, -0.2) is 0 Å². The van der Waals surface area contributed by atoms with E-state index in [-0.39, 0.29) is 55.0 Å². The van der Waals surface area contributed by atoms with Crippen molar-refractivity contribution in [2.24, 2.45) is 0 Å². The van der Waals surface area contributed by atoms with Gasteiger partial charge in [-0.1, -0.05) is 0 Å². The molecule has 0 unspecified atom stereocenters. The van der Waals surface area contributed by atoms with Crippen LogP contribution >= 0.6 is 0 Å². The van der Waals surface area contributed by atoms with Crippen molar-refractivity contribution >= 4 is 22.3 Å². The van der Waals surface area contributed by atoms with Gasteiger partial charge in [0.15, 0.2) is 0 Å². The maximum absolute atomic E-state index is 2.22. The summed E-state index contributed by atoms with van der Waals surface area (Å²) in [6, 6.07) is 0. The smallest absolute Gasteiger partial charge is 0 e. The summed E-state index contributed by atoms with van der Waals surface area (Å²) in [6.45, 7) is 2.22. The minimum absolute atomic E-state index is 0. The van der Waals surface area contributed by atoms with Gasteiger partial charge in [0, 0.05) is 55.0 Å². The van der Waals surface area contributed by atoms with Crippen LogP contribution < -0.4 is 0 Å². The first kappa shape index (κ1) is 16.3. The van der Waals surface area contributed by atoms with Crippen molar-refractivity contribution in [1.29, 1.82) is 0 Å². The minimum Gasteiger partial charge on any atom is 0 e. The molecular formula is C4H10CdHgTe. The van der Waals surface area contributed by atoms with Gasteiger partial charge in [0.25, 0.3) is 0 Å². The third-order valence-electron chi connectivity index (χ3n) is 0.512. The van der Waals surface area contributed by atoms with E-state index in [1.807, 2.05) is 22.3 Å². The molecule has 7 heavy (non-hydrogen) atoms. The molecular weight excluding hydrogens is 489 g/mol. The summed E-state index contributed by atoms with van der Waals surface area (Å²) in [5.41, 5.74) is 0. The Balaban J connectivity index is -0.0000000800. The number of rotatable bonds is 2. The summed E-state index contributed by atoms with van der Waals surface area (Å²) >= 11 is 1.92. The average Bonchev–Trinajstić information content (AvgIpc) is 1.41. The molecule has 0 aromatic heterocycles. The Morgan fingerprint density at radius 2 is 1.86 bits per heavy atom. The molecule has 0 fully saturated rings. The molecule has 0 aliphatic heterocycles. The quantitative estimate of drug-likeness (QED) is 0.501. The van der Waals surface area contributed by atoms with E-state index < -0.39 is 0 Å². The van der Waals surface area contributed by atoms with Crippen molar-refractivity contribution in [3.05, 3.63) is 0 Å². The van der Waals surface area contributed by atoms with Crippen LogP contribution in [0.25, 0.3) is 0 Å². The fourth-order valence-electron chi connectivity index (χ4n) is 0.158. The molecule has 0 saturated heterocycles. The predicted molar refractivity (Wildman–Crippen MR) is 26.9 cm³/mol. The standard InChI is InChI=1S/C4H10Te.Cd.Hg/c1-2-3-4-5;;/h5H,2-4H2,1H3;;. The summed E-state index contributed by atoms with van der Waals surface area (Å²) in [7, 11) is 0. The molecule has 0 bridgehead atoms. The fraction of sp³-hybridized carbons (Fsp3) is 1.00. The van der Waals surface area contributed by atoms with Gasteiger partial charge in [0.05, 0.1) is 0 Å². The summed E-state index contributed by atoms with van der Waals surface area (Å²) in [4.78, 5) is 0. The Hall–Kier alpha value is 2.65. The Morgan fingerprint density at radius 3 is 1.86 bits per heavy atom. The van der Waals surface area contributed by atoms with E-state index in [1.54, 1.807) is 0 Å². The molecule has 0 aliphatic carbocycles. The molecule has 0 saturated carbocycles. The van der Waals surface area contributed by atoms with Crippen molar-refractivity contribution in [3.63, 3.8) is 0 Å². The van der Waals surface area contributed by atoms with Crippen LogP contribution in [-0.4, -0.2) is 22.3 Å². The summed E-state index contributed by atoms with van der Waals surface area (Å²) < 4.78 is 1.39. The number of hydrogen-bond donors (Lipinski definition) is 0. The third-order valence-corrected chi connectivity index (χ3v) is 1.41. The number of hydrogen-bond acceptors (Lipinski definition) is 0. The normalized spacial score (nSPS) is 6.00. The van der Waals surface area contributed by atoms with Gasteiger partial charge in [0.1, 0.15) is 0 Å². The van der Waals surface area contributed by atoms with E-state index in [2.05, 4.69) is 6.92 Å². The van der Waals surface area contributed by atoms with Crippen LogP contribution in [0.3, 0.4) is 0 Å². The van der Waals surface area contributed by atoms with E-state index >= 15 is 0 Å². The van der Waals surface area contributed by atoms with E-state index in [4.69, 9.17) is 0 Å². The van der Waals surface area contributed by atoms with Crippen LogP contribution in [0.4, 0.5) is 0 Å². The van der Waals surface area contributed by atoms with Crippen molar-refractivity contribution in [1.82, 2.24) is 0 Å². The second-order valence-electron chi connectivity index (χ2n) is 1.08.